The Morgan fingerprint density at radius 2 is 2.00 bits per heavy atom. The molecule has 1 aliphatic rings. The molecule has 112 valence electrons. The molecule has 0 bridgehead atoms. The van der Waals surface area contributed by atoms with Crippen molar-refractivity contribution >= 4 is 29.7 Å². The van der Waals surface area contributed by atoms with Crippen LogP contribution in [0.1, 0.15) is 16.8 Å². The van der Waals surface area contributed by atoms with Crippen LogP contribution in [0.15, 0.2) is 48.7 Å². The summed E-state index contributed by atoms with van der Waals surface area (Å²) in [5.41, 5.74) is 1.27. The molecule has 2 heterocycles. The highest BCUT2D eigenvalue weighted by Gasteiger charge is 2.31. The first kappa shape index (κ1) is 14.5. The minimum absolute atomic E-state index is 0.00900. The second-order valence-electron chi connectivity index (χ2n) is 5.13. The zero-order valence-electron chi connectivity index (χ0n) is 11.8. The second kappa shape index (κ2) is 6.11. The molecule has 0 radical (unpaired) electrons. The number of benzene rings is 1. The number of hydrogen-bond donors (Lipinski definition) is 2. The molecule has 1 aromatic carbocycles. The van der Waals surface area contributed by atoms with E-state index < -0.39 is 0 Å². The average molecular weight is 313 g/mol. The Kier molecular flexibility index (Phi) is 4.02. The van der Waals surface area contributed by atoms with Gasteiger partial charge in [-0.3, -0.25) is 9.59 Å². The summed E-state index contributed by atoms with van der Waals surface area (Å²) in [5, 5.41) is 2.88. The molecule has 1 atom stereocenters. The van der Waals surface area contributed by atoms with Gasteiger partial charge in [0.2, 0.25) is 5.91 Å². The number of para-hydroxylation sites is 1. The molecule has 22 heavy (non-hydrogen) atoms. The van der Waals surface area contributed by atoms with Crippen molar-refractivity contribution in [1.82, 2.24) is 10.3 Å². The summed E-state index contributed by atoms with van der Waals surface area (Å²) in [7, 11) is 0. The lowest BCUT2D eigenvalue weighted by molar-refractivity contribution is -0.117. The van der Waals surface area contributed by atoms with Crippen LogP contribution in [0, 0.1) is 4.64 Å². The first-order valence-corrected chi connectivity index (χ1v) is 7.40. The minimum Gasteiger partial charge on any atom is -0.352 e. The van der Waals surface area contributed by atoms with Gasteiger partial charge in [0.1, 0.15) is 4.64 Å². The molecule has 6 heteroatoms. The number of aromatic nitrogens is 1. The number of carbonyl (C=O) groups is 2. The van der Waals surface area contributed by atoms with E-state index in [2.05, 4.69) is 10.3 Å². The van der Waals surface area contributed by atoms with Crippen LogP contribution in [0.3, 0.4) is 0 Å². The van der Waals surface area contributed by atoms with Gasteiger partial charge in [0, 0.05) is 24.8 Å². The number of rotatable bonds is 3. The Hall–Kier alpha value is -2.47. The average Bonchev–Trinajstić information content (AvgIpc) is 2.89. The van der Waals surface area contributed by atoms with E-state index >= 15 is 0 Å². The van der Waals surface area contributed by atoms with E-state index in [0.29, 0.717) is 23.2 Å². The lowest BCUT2D eigenvalue weighted by Gasteiger charge is -2.17. The summed E-state index contributed by atoms with van der Waals surface area (Å²) in [6.07, 6.45) is 1.97. The van der Waals surface area contributed by atoms with Crippen molar-refractivity contribution in [3.05, 3.63) is 58.9 Å². The SMILES string of the molecule is O=C(NC1CC(=O)N(c2ccccc2)C1)c1ccc[nH]c1=S. The van der Waals surface area contributed by atoms with Crippen molar-refractivity contribution in [3.8, 4) is 0 Å². The Labute approximate surface area is 133 Å². The van der Waals surface area contributed by atoms with E-state index in [1.165, 1.54) is 0 Å². The number of nitrogens with zero attached hydrogens (tertiary/aromatic N) is 1. The fourth-order valence-electron chi connectivity index (χ4n) is 2.53. The van der Waals surface area contributed by atoms with E-state index in [0.717, 1.165) is 5.69 Å². The number of amides is 2. The predicted octanol–water partition coefficient (Wildman–Crippen LogP) is 2.28. The van der Waals surface area contributed by atoms with Crippen LogP contribution in [0.2, 0.25) is 0 Å². The largest absolute Gasteiger partial charge is 0.352 e. The molecular weight excluding hydrogens is 298 g/mol. The molecule has 5 nitrogen and oxygen atoms in total. The summed E-state index contributed by atoms with van der Waals surface area (Å²) in [4.78, 5) is 28.9. The van der Waals surface area contributed by atoms with Gasteiger partial charge < -0.3 is 15.2 Å². The van der Waals surface area contributed by atoms with Gasteiger partial charge >= 0.3 is 0 Å². The molecule has 0 aliphatic carbocycles. The maximum atomic E-state index is 12.2. The van der Waals surface area contributed by atoms with E-state index in [-0.39, 0.29) is 17.9 Å². The van der Waals surface area contributed by atoms with Crippen LogP contribution >= 0.6 is 12.2 Å². The summed E-state index contributed by atoms with van der Waals surface area (Å²) in [6.45, 7) is 0.470. The molecule has 0 saturated carbocycles. The van der Waals surface area contributed by atoms with Crippen LogP contribution in [0.4, 0.5) is 5.69 Å². The minimum atomic E-state index is -0.255. The van der Waals surface area contributed by atoms with Crippen molar-refractivity contribution < 1.29 is 9.59 Å². The van der Waals surface area contributed by atoms with Crippen LogP contribution in [0.25, 0.3) is 0 Å². The van der Waals surface area contributed by atoms with Crippen molar-refractivity contribution in [2.24, 2.45) is 0 Å². The van der Waals surface area contributed by atoms with Crippen LogP contribution in [-0.2, 0) is 4.79 Å². The lowest BCUT2D eigenvalue weighted by atomic mass is 10.2. The monoisotopic (exact) mass is 313 g/mol. The Bertz CT molecular complexity index is 757. The molecule has 0 spiro atoms. The third kappa shape index (κ3) is 2.92. The van der Waals surface area contributed by atoms with Crippen molar-refractivity contribution in [2.75, 3.05) is 11.4 Å². The second-order valence-corrected chi connectivity index (χ2v) is 5.54. The summed E-state index contributed by atoms with van der Waals surface area (Å²) < 4.78 is 0.393. The highest BCUT2D eigenvalue weighted by molar-refractivity contribution is 7.71. The molecule has 2 N–H and O–H groups in total. The highest BCUT2D eigenvalue weighted by atomic mass is 32.1. The maximum absolute atomic E-state index is 12.2. The third-order valence-corrected chi connectivity index (χ3v) is 3.93. The number of anilines is 1. The maximum Gasteiger partial charge on any atom is 0.254 e. The standard InChI is InChI=1S/C16H15N3O2S/c20-14-9-11(10-19(14)12-5-2-1-3-6-12)18-15(21)13-7-4-8-17-16(13)22/h1-8,11H,9-10H2,(H,17,22)(H,18,21). The Morgan fingerprint density at radius 1 is 1.23 bits per heavy atom. The lowest BCUT2D eigenvalue weighted by Crippen LogP contribution is -2.37. The van der Waals surface area contributed by atoms with Crippen molar-refractivity contribution in [3.63, 3.8) is 0 Å². The number of hydrogen-bond acceptors (Lipinski definition) is 3. The normalized spacial score (nSPS) is 17.5. The molecule has 2 amide bonds. The first-order valence-electron chi connectivity index (χ1n) is 6.99. The number of pyridine rings is 1. The topological polar surface area (TPSA) is 65.2 Å². The third-order valence-electron chi connectivity index (χ3n) is 3.59. The van der Waals surface area contributed by atoms with Crippen LogP contribution < -0.4 is 10.2 Å². The van der Waals surface area contributed by atoms with Gasteiger partial charge in [0.25, 0.3) is 5.91 Å². The van der Waals surface area contributed by atoms with Crippen LogP contribution in [0.5, 0.6) is 0 Å². The zero-order valence-corrected chi connectivity index (χ0v) is 12.6. The zero-order chi connectivity index (χ0) is 15.5. The smallest absolute Gasteiger partial charge is 0.254 e. The number of nitrogens with one attached hydrogen (secondary N) is 2. The van der Waals surface area contributed by atoms with Gasteiger partial charge in [-0.2, -0.15) is 0 Å². The van der Waals surface area contributed by atoms with E-state index in [1.807, 2.05) is 30.3 Å². The summed E-state index contributed by atoms with van der Waals surface area (Å²) >= 11 is 5.10. The summed E-state index contributed by atoms with van der Waals surface area (Å²) in [6, 6.07) is 12.6. The van der Waals surface area contributed by atoms with E-state index in [4.69, 9.17) is 12.2 Å². The molecule has 3 rings (SSSR count). The first-order chi connectivity index (χ1) is 10.6. The molecule has 1 unspecified atom stereocenters. The highest BCUT2D eigenvalue weighted by Crippen LogP contribution is 2.21. The van der Waals surface area contributed by atoms with Gasteiger partial charge in [0.05, 0.1) is 11.6 Å². The van der Waals surface area contributed by atoms with Crippen molar-refractivity contribution in [1.29, 1.82) is 0 Å². The van der Waals surface area contributed by atoms with Crippen molar-refractivity contribution in [2.45, 2.75) is 12.5 Å². The number of carbonyl (C=O) groups excluding carboxylic acids is 2. The van der Waals surface area contributed by atoms with Gasteiger partial charge in [-0.15, -0.1) is 0 Å². The predicted molar refractivity (Wildman–Crippen MR) is 86.3 cm³/mol. The molecule has 1 saturated heterocycles. The van der Waals surface area contributed by atoms with Gasteiger partial charge in [0.15, 0.2) is 0 Å². The van der Waals surface area contributed by atoms with Gasteiger partial charge in [-0.25, -0.2) is 0 Å². The van der Waals surface area contributed by atoms with E-state index in [9.17, 15) is 9.59 Å². The van der Waals surface area contributed by atoms with E-state index in [1.54, 1.807) is 23.2 Å². The fraction of sp³-hybridized carbons (Fsp3) is 0.188. The fourth-order valence-corrected chi connectivity index (χ4v) is 2.75. The molecule has 1 fully saturated rings. The van der Waals surface area contributed by atoms with Gasteiger partial charge in [-0.05, 0) is 24.3 Å². The molecule has 1 aliphatic heterocycles. The Balaban J connectivity index is 1.71. The Morgan fingerprint density at radius 3 is 2.73 bits per heavy atom. The molecule has 2 aromatic rings. The van der Waals surface area contributed by atoms with Gasteiger partial charge in [-0.1, -0.05) is 30.4 Å². The molecular formula is C16H15N3O2S. The number of aromatic amines is 1. The quantitative estimate of drug-likeness (QED) is 0.855. The number of H-pyrrole nitrogens is 1. The van der Waals surface area contributed by atoms with Crippen LogP contribution in [-0.4, -0.2) is 29.4 Å². The molecule has 1 aromatic heterocycles. The summed E-state index contributed by atoms with van der Waals surface area (Å²) in [5.74, 6) is -0.246.